The van der Waals surface area contributed by atoms with E-state index in [-0.39, 0.29) is 11.4 Å². The van der Waals surface area contributed by atoms with Gasteiger partial charge >= 0.3 is 5.97 Å². The van der Waals surface area contributed by atoms with Gasteiger partial charge in [-0.3, -0.25) is 0 Å². The SMILES string of the molecule is Cc1ccccc1OC(=O)c1cnoc1N. The number of carbonyl (C=O) groups excluding carboxylic acids is 1. The molecule has 16 heavy (non-hydrogen) atoms. The van der Waals surface area contributed by atoms with E-state index in [4.69, 9.17) is 10.5 Å². The van der Waals surface area contributed by atoms with Crippen molar-refractivity contribution in [2.24, 2.45) is 0 Å². The summed E-state index contributed by atoms with van der Waals surface area (Å²) >= 11 is 0. The first-order valence-corrected chi connectivity index (χ1v) is 4.66. The first-order chi connectivity index (χ1) is 7.68. The number of ether oxygens (including phenoxy) is 1. The molecule has 0 atom stereocenters. The summed E-state index contributed by atoms with van der Waals surface area (Å²) in [6.45, 7) is 1.85. The number of anilines is 1. The minimum Gasteiger partial charge on any atom is -0.422 e. The highest BCUT2D eigenvalue weighted by atomic mass is 16.5. The van der Waals surface area contributed by atoms with E-state index in [9.17, 15) is 4.79 Å². The second-order valence-corrected chi connectivity index (χ2v) is 3.26. The molecule has 0 unspecified atom stereocenters. The minimum absolute atomic E-state index is 0.0430. The fourth-order valence-electron chi connectivity index (χ4n) is 1.23. The summed E-state index contributed by atoms with van der Waals surface area (Å²) in [6, 6.07) is 7.20. The highest BCUT2D eigenvalue weighted by Gasteiger charge is 2.16. The number of hydrogen-bond donors (Lipinski definition) is 1. The van der Waals surface area contributed by atoms with E-state index in [2.05, 4.69) is 9.68 Å². The Morgan fingerprint density at radius 3 is 2.81 bits per heavy atom. The molecule has 1 aromatic heterocycles. The summed E-state index contributed by atoms with van der Waals surface area (Å²) in [6.07, 6.45) is 1.23. The topological polar surface area (TPSA) is 78.3 Å². The number of nitrogens with two attached hydrogens (primary N) is 1. The minimum atomic E-state index is -0.576. The van der Waals surface area contributed by atoms with Gasteiger partial charge in [0.1, 0.15) is 11.3 Å². The van der Waals surface area contributed by atoms with Crippen molar-refractivity contribution in [2.45, 2.75) is 6.92 Å². The van der Waals surface area contributed by atoms with Crippen LogP contribution in [0.3, 0.4) is 0 Å². The van der Waals surface area contributed by atoms with Crippen LogP contribution in [-0.4, -0.2) is 11.1 Å². The maximum Gasteiger partial charge on any atom is 0.350 e. The van der Waals surface area contributed by atoms with Crippen LogP contribution in [0.4, 0.5) is 5.88 Å². The van der Waals surface area contributed by atoms with Gasteiger partial charge in [0.05, 0.1) is 6.20 Å². The number of aryl methyl sites for hydroxylation is 1. The summed E-state index contributed by atoms with van der Waals surface area (Å²) in [4.78, 5) is 11.6. The van der Waals surface area contributed by atoms with Crippen molar-refractivity contribution in [3.05, 3.63) is 41.6 Å². The van der Waals surface area contributed by atoms with Crippen LogP contribution in [0.2, 0.25) is 0 Å². The van der Waals surface area contributed by atoms with E-state index in [1.165, 1.54) is 6.20 Å². The quantitative estimate of drug-likeness (QED) is 0.614. The van der Waals surface area contributed by atoms with Gasteiger partial charge in [-0.2, -0.15) is 0 Å². The van der Waals surface area contributed by atoms with Gasteiger partial charge in [0.25, 0.3) is 0 Å². The molecule has 0 amide bonds. The number of hydrogen-bond acceptors (Lipinski definition) is 5. The van der Waals surface area contributed by atoms with Crippen LogP contribution in [0, 0.1) is 6.92 Å². The molecule has 0 aliphatic heterocycles. The number of esters is 1. The molecule has 0 spiro atoms. The lowest BCUT2D eigenvalue weighted by Gasteiger charge is -2.05. The summed E-state index contributed by atoms with van der Waals surface area (Å²) in [7, 11) is 0. The molecule has 2 aromatic rings. The third kappa shape index (κ3) is 1.88. The van der Waals surface area contributed by atoms with E-state index in [0.717, 1.165) is 5.56 Å². The van der Waals surface area contributed by atoms with Crippen LogP contribution in [0.1, 0.15) is 15.9 Å². The van der Waals surface area contributed by atoms with Crippen LogP contribution < -0.4 is 10.5 Å². The molecule has 2 rings (SSSR count). The molecular formula is C11H10N2O3. The normalized spacial score (nSPS) is 10.1. The van der Waals surface area contributed by atoms with Crippen molar-refractivity contribution >= 4 is 11.9 Å². The van der Waals surface area contributed by atoms with Gasteiger partial charge in [-0.15, -0.1) is 0 Å². The van der Waals surface area contributed by atoms with Crippen molar-refractivity contribution in [2.75, 3.05) is 5.73 Å². The molecule has 82 valence electrons. The monoisotopic (exact) mass is 218 g/mol. The Kier molecular flexibility index (Phi) is 2.59. The zero-order valence-corrected chi connectivity index (χ0v) is 8.64. The average molecular weight is 218 g/mol. The molecule has 1 heterocycles. The molecule has 1 aromatic carbocycles. The molecule has 5 nitrogen and oxygen atoms in total. The fourth-order valence-corrected chi connectivity index (χ4v) is 1.23. The summed E-state index contributed by atoms with van der Waals surface area (Å²) in [5, 5.41) is 3.41. The number of nitrogens with zero attached hydrogens (tertiary/aromatic N) is 1. The van der Waals surface area contributed by atoms with Gasteiger partial charge in [0.15, 0.2) is 0 Å². The molecule has 2 N–H and O–H groups in total. The van der Waals surface area contributed by atoms with E-state index >= 15 is 0 Å². The summed E-state index contributed by atoms with van der Waals surface area (Å²) < 4.78 is 9.73. The second kappa shape index (κ2) is 4.06. The van der Waals surface area contributed by atoms with Gasteiger partial charge in [-0.25, -0.2) is 4.79 Å². The van der Waals surface area contributed by atoms with Crippen molar-refractivity contribution in [1.29, 1.82) is 0 Å². The van der Waals surface area contributed by atoms with Gasteiger partial charge in [-0.1, -0.05) is 23.4 Å². The average Bonchev–Trinajstić information content (AvgIpc) is 2.68. The van der Waals surface area contributed by atoms with E-state index in [1.54, 1.807) is 12.1 Å². The Bertz CT molecular complexity index is 519. The highest BCUT2D eigenvalue weighted by molar-refractivity contribution is 5.94. The van der Waals surface area contributed by atoms with Gasteiger partial charge in [0.2, 0.25) is 5.88 Å². The van der Waals surface area contributed by atoms with Gasteiger partial charge < -0.3 is 15.0 Å². The van der Waals surface area contributed by atoms with Crippen molar-refractivity contribution in [3.63, 3.8) is 0 Å². The fraction of sp³-hybridized carbons (Fsp3) is 0.0909. The third-order valence-corrected chi connectivity index (χ3v) is 2.11. The van der Waals surface area contributed by atoms with Crippen LogP contribution in [0.15, 0.2) is 35.0 Å². The number of aromatic nitrogens is 1. The molecule has 5 heteroatoms. The molecule has 0 fully saturated rings. The van der Waals surface area contributed by atoms with E-state index in [1.807, 2.05) is 19.1 Å². The second-order valence-electron chi connectivity index (χ2n) is 3.26. The standard InChI is InChI=1S/C11H10N2O3/c1-7-4-2-3-5-9(7)15-11(14)8-6-13-16-10(8)12/h2-6H,12H2,1H3. The van der Waals surface area contributed by atoms with Crippen molar-refractivity contribution < 1.29 is 14.1 Å². The molecule has 0 radical (unpaired) electrons. The first kappa shape index (κ1) is 10.2. The van der Waals surface area contributed by atoms with Crippen LogP contribution in [0.5, 0.6) is 5.75 Å². The van der Waals surface area contributed by atoms with Crippen LogP contribution in [0.25, 0.3) is 0 Å². The summed E-state index contributed by atoms with van der Waals surface area (Å²) in [5.74, 6) is -0.125. The predicted octanol–water partition coefficient (Wildman–Crippen LogP) is 1.78. The number of rotatable bonds is 2. The number of carbonyl (C=O) groups is 1. The van der Waals surface area contributed by atoms with Gasteiger partial charge in [0, 0.05) is 0 Å². The molecule has 0 aliphatic rings. The van der Waals surface area contributed by atoms with Gasteiger partial charge in [-0.05, 0) is 18.6 Å². The molecule has 0 saturated heterocycles. The lowest BCUT2D eigenvalue weighted by Crippen LogP contribution is -2.10. The Morgan fingerprint density at radius 2 is 2.19 bits per heavy atom. The number of benzene rings is 1. The van der Waals surface area contributed by atoms with Crippen LogP contribution >= 0.6 is 0 Å². The molecule has 0 bridgehead atoms. The number of nitrogen functional groups attached to an aromatic ring is 1. The lowest BCUT2D eigenvalue weighted by atomic mass is 10.2. The largest absolute Gasteiger partial charge is 0.422 e. The first-order valence-electron chi connectivity index (χ1n) is 4.66. The van der Waals surface area contributed by atoms with Crippen molar-refractivity contribution in [1.82, 2.24) is 5.16 Å². The Labute approximate surface area is 91.8 Å². The number of para-hydroxylation sites is 1. The Morgan fingerprint density at radius 1 is 1.44 bits per heavy atom. The van der Waals surface area contributed by atoms with E-state index < -0.39 is 5.97 Å². The lowest BCUT2D eigenvalue weighted by molar-refractivity contribution is 0.0734. The smallest absolute Gasteiger partial charge is 0.350 e. The summed E-state index contributed by atoms with van der Waals surface area (Å²) in [5.41, 5.74) is 6.40. The van der Waals surface area contributed by atoms with Crippen molar-refractivity contribution in [3.8, 4) is 5.75 Å². The van der Waals surface area contributed by atoms with Crippen LogP contribution in [-0.2, 0) is 0 Å². The predicted molar refractivity (Wildman–Crippen MR) is 57.1 cm³/mol. The Hall–Kier alpha value is -2.30. The Balaban J connectivity index is 2.21. The zero-order chi connectivity index (χ0) is 11.5. The third-order valence-electron chi connectivity index (χ3n) is 2.11. The highest BCUT2D eigenvalue weighted by Crippen LogP contribution is 2.19. The van der Waals surface area contributed by atoms with E-state index in [0.29, 0.717) is 5.75 Å². The maximum absolute atomic E-state index is 11.6. The molecular weight excluding hydrogens is 208 g/mol. The molecule has 0 saturated carbocycles. The zero-order valence-electron chi connectivity index (χ0n) is 8.64. The maximum atomic E-state index is 11.6. The molecule has 0 aliphatic carbocycles.